The maximum absolute atomic E-state index is 6.63. The van der Waals surface area contributed by atoms with Gasteiger partial charge in [0, 0.05) is 27.3 Å². The van der Waals surface area contributed by atoms with Crippen molar-refractivity contribution in [2.45, 2.75) is 0 Å². The van der Waals surface area contributed by atoms with E-state index in [9.17, 15) is 0 Å². The van der Waals surface area contributed by atoms with Crippen molar-refractivity contribution in [3.05, 3.63) is 158 Å². The second-order valence-electron chi connectivity index (χ2n) is 11.4. The summed E-state index contributed by atoms with van der Waals surface area (Å²) in [6, 6.07) is 54.8. The first kappa shape index (κ1) is 25.4. The van der Waals surface area contributed by atoms with E-state index in [4.69, 9.17) is 14.4 Å². The zero-order chi connectivity index (χ0) is 29.7. The van der Waals surface area contributed by atoms with Crippen molar-refractivity contribution in [3.63, 3.8) is 0 Å². The minimum Gasteiger partial charge on any atom is -0.455 e. The van der Waals surface area contributed by atoms with E-state index < -0.39 is 0 Å². The van der Waals surface area contributed by atoms with E-state index in [1.54, 1.807) is 0 Å². The first-order chi connectivity index (χ1) is 22.3. The van der Waals surface area contributed by atoms with Gasteiger partial charge in [-0.2, -0.15) is 0 Å². The van der Waals surface area contributed by atoms with Gasteiger partial charge in [-0.25, -0.2) is 9.97 Å². The van der Waals surface area contributed by atoms with Gasteiger partial charge < -0.3 is 4.42 Å². The summed E-state index contributed by atoms with van der Waals surface area (Å²) in [5.74, 6) is 0. The summed E-state index contributed by atoms with van der Waals surface area (Å²) in [5.41, 5.74) is 11.9. The van der Waals surface area contributed by atoms with Crippen molar-refractivity contribution in [2.24, 2.45) is 0 Å². The van der Waals surface area contributed by atoms with Crippen molar-refractivity contribution < 1.29 is 4.42 Å². The Bertz CT molecular complexity index is 2530. The molecule has 0 N–H and O–H groups in total. The lowest BCUT2D eigenvalue weighted by atomic mass is 9.94. The molecule has 3 nitrogen and oxygen atoms in total. The third-order valence-electron chi connectivity index (χ3n) is 8.65. The summed E-state index contributed by atoms with van der Waals surface area (Å²) in [4.78, 5) is 10.6. The number of nitrogens with zero attached hydrogens (tertiary/aromatic N) is 2. The third-order valence-corrected chi connectivity index (χ3v) is 8.65. The van der Waals surface area contributed by atoms with Gasteiger partial charge in [0.05, 0.1) is 22.4 Å². The van der Waals surface area contributed by atoms with Crippen molar-refractivity contribution in [1.29, 1.82) is 0 Å². The number of fused-ring (bicyclic) bond motifs is 6. The Kier molecular flexibility index (Phi) is 5.82. The van der Waals surface area contributed by atoms with E-state index in [0.29, 0.717) is 0 Å². The minimum atomic E-state index is 0.854. The maximum Gasteiger partial charge on any atom is 0.143 e. The van der Waals surface area contributed by atoms with Crippen LogP contribution in [-0.4, -0.2) is 9.97 Å². The summed E-state index contributed by atoms with van der Waals surface area (Å²) >= 11 is 0. The van der Waals surface area contributed by atoms with E-state index in [1.807, 2.05) is 36.4 Å². The summed E-state index contributed by atoms with van der Waals surface area (Å²) < 4.78 is 6.63. The highest BCUT2D eigenvalue weighted by Crippen LogP contribution is 2.43. The lowest BCUT2D eigenvalue weighted by Gasteiger charge is -2.14. The molecule has 2 heterocycles. The number of rotatable bonds is 4. The molecule has 0 saturated carbocycles. The molecule has 3 heteroatoms. The molecular weight excluding hydrogens is 548 g/mol. The van der Waals surface area contributed by atoms with E-state index in [-0.39, 0.29) is 0 Å². The summed E-state index contributed by atoms with van der Waals surface area (Å²) in [5, 5.41) is 4.29. The Balaban J connectivity index is 1.32. The lowest BCUT2D eigenvalue weighted by Crippen LogP contribution is -1.96. The number of benzene rings is 7. The molecule has 0 unspecified atom stereocenters. The van der Waals surface area contributed by atoms with Crippen LogP contribution in [0.1, 0.15) is 0 Å². The number of hydrogen-bond acceptors (Lipinski definition) is 3. The van der Waals surface area contributed by atoms with Gasteiger partial charge in [0.15, 0.2) is 0 Å². The van der Waals surface area contributed by atoms with Crippen LogP contribution in [0, 0.1) is 0 Å². The van der Waals surface area contributed by atoms with Crippen LogP contribution in [0.15, 0.2) is 162 Å². The van der Waals surface area contributed by atoms with E-state index in [2.05, 4.69) is 121 Å². The molecule has 0 aliphatic heterocycles. The van der Waals surface area contributed by atoms with Gasteiger partial charge in [-0.1, -0.05) is 121 Å². The summed E-state index contributed by atoms with van der Waals surface area (Å²) in [7, 11) is 0. The first-order valence-corrected chi connectivity index (χ1v) is 15.2. The second kappa shape index (κ2) is 10.3. The third kappa shape index (κ3) is 4.29. The molecule has 0 amide bonds. The van der Waals surface area contributed by atoms with Crippen LogP contribution in [0.25, 0.3) is 88.5 Å². The summed E-state index contributed by atoms with van der Waals surface area (Å²) in [6.07, 6.45) is 0. The molecule has 0 radical (unpaired) electrons. The van der Waals surface area contributed by atoms with E-state index >= 15 is 0 Å². The maximum atomic E-state index is 6.63. The fourth-order valence-electron chi connectivity index (χ4n) is 6.47. The predicted molar refractivity (Wildman–Crippen MR) is 186 cm³/mol. The summed E-state index contributed by atoms with van der Waals surface area (Å²) in [6.45, 7) is 0. The largest absolute Gasteiger partial charge is 0.455 e. The number of furan rings is 1. The molecule has 45 heavy (non-hydrogen) atoms. The van der Waals surface area contributed by atoms with Crippen LogP contribution in [0.3, 0.4) is 0 Å². The van der Waals surface area contributed by atoms with Crippen LogP contribution in [0.5, 0.6) is 0 Å². The van der Waals surface area contributed by atoms with Crippen LogP contribution in [0.2, 0.25) is 0 Å². The average molecular weight is 575 g/mol. The van der Waals surface area contributed by atoms with Crippen molar-refractivity contribution in [1.82, 2.24) is 9.97 Å². The van der Waals surface area contributed by atoms with Crippen LogP contribution >= 0.6 is 0 Å². The Morgan fingerprint density at radius 3 is 1.67 bits per heavy atom. The minimum absolute atomic E-state index is 0.854. The van der Waals surface area contributed by atoms with Crippen molar-refractivity contribution in [3.8, 4) is 44.8 Å². The molecule has 210 valence electrons. The SMILES string of the molecule is c1ccc(-c2cccc(-c3nc4ccccc4nc3-c3cc4c5ccc(-c6ccccc6)cc5oc4c4ccccc34)c2)cc1. The van der Waals surface area contributed by atoms with Gasteiger partial charge >= 0.3 is 0 Å². The molecule has 0 aliphatic rings. The molecule has 0 spiro atoms. The number of aromatic nitrogens is 2. The van der Waals surface area contributed by atoms with Gasteiger partial charge in [0.2, 0.25) is 0 Å². The van der Waals surface area contributed by atoms with Gasteiger partial charge in [-0.15, -0.1) is 0 Å². The molecule has 9 rings (SSSR count). The van der Waals surface area contributed by atoms with Gasteiger partial charge in [-0.05, 0) is 64.0 Å². The Labute approximate surface area is 260 Å². The van der Waals surface area contributed by atoms with Crippen LogP contribution in [0.4, 0.5) is 0 Å². The lowest BCUT2D eigenvalue weighted by molar-refractivity contribution is 0.673. The molecular formula is C42H26N2O. The predicted octanol–water partition coefficient (Wildman–Crippen LogP) is 11.4. The zero-order valence-electron chi connectivity index (χ0n) is 24.3. The Morgan fingerprint density at radius 2 is 0.933 bits per heavy atom. The zero-order valence-corrected chi connectivity index (χ0v) is 24.3. The molecule has 0 fully saturated rings. The quantitative estimate of drug-likeness (QED) is 0.210. The normalized spacial score (nSPS) is 11.6. The number of hydrogen-bond donors (Lipinski definition) is 0. The van der Waals surface area contributed by atoms with Crippen molar-refractivity contribution in [2.75, 3.05) is 0 Å². The Morgan fingerprint density at radius 1 is 0.356 bits per heavy atom. The van der Waals surface area contributed by atoms with E-state index in [0.717, 1.165) is 77.4 Å². The molecule has 0 bridgehead atoms. The highest BCUT2D eigenvalue weighted by molar-refractivity contribution is 6.19. The molecule has 7 aromatic carbocycles. The highest BCUT2D eigenvalue weighted by atomic mass is 16.3. The van der Waals surface area contributed by atoms with Gasteiger partial charge in [0.1, 0.15) is 11.2 Å². The average Bonchev–Trinajstić information content (AvgIpc) is 3.50. The van der Waals surface area contributed by atoms with Crippen LogP contribution < -0.4 is 0 Å². The molecule has 2 aromatic heterocycles. The standard InChI is InChI=1S/C42H26N2O/c1-3-12-27(13-4-1)29-16-11-17-31(24-29)40-41(44-38-21-10-9-20-37(38)43-40)35-26-36-33-23-22-30(28-14-5-2-6-15-28)25-39(33)45-42(36)34-19-8-7-18-32(34)35/h1-26H. The highest BCUT2D eigenvalue weighted by Gasteiger charge is 2.20. The second-order valence-corrected chi connectivity index (χ2v) is 11.4. The molecule has 0 saturated heterocycles. The molecule has 9 aromatic rings. The Hall–Kier alpha value is -6.06. The van der Waals surface area contributed by atoms with Crippen LogP contribution in [-0.2, 0) is 0 Å². The fourth-order valence-corrected chi connectivity index (χ4v) is 6.47. The van der Waals surface area contributed by atoms with Gasteiger partial charge in [0.25, 0.3) is 0 Å². The molecule has 0 atom stereocenters. The van der Waals surface area contributed by atoms with Crippen molar-refractivity contribution >= 4 is 43.7 Å². The first-order valence-electron chi connectivity index (χ1n) is 15.2. The number of para-hydroxylation sites is 2. The molecule has 0 aliphatic carbocycles. The fraction of sp³-hybridized carbons (Fsp3) is 0. The smallest absolute Gasteiger partial charge is 0.143 e. The van der Waals surface area contributed by atoms with Gasteiger partial charge in [-0.3, -0.25) is 0 Å². The van der Waals surface area contributed by atoms with E-state index in [1.165, 1.54) is 11.1 Å². The monoisotopic (exact) mass is 574 g/mol. The topological polar surface area (TPSA) is 38.9 Å².